The van der Waals surface area contributed by atoms with Crippen molar-refractivity contribution in [2.24, 2.45) is 0 Å². The second-order valence-electron chi connectivity index (χ2n) is 7.26. The Kier molecular flexibility index (Phi) is 6.04. The third kappa shape index (κ3) is 4.06. The van der Waals surface area contributed by atoms with Crippen molar-refractivity contribution in [2.45, 2.75) is 31.2 Å². The van der Waals surface area contributed by atoms with Gasteiger partial charge in [-0.2, -0.15) is 4.31 Å². The molecule has 0 N–H and O–H groups in total. The van der Waals surface area contributed by atoms with Crippen molar-refractivity contribution in [1.29, 1.82) is 0 Å². The summed E-state index contributed by atoms with van der Waals surface area (Å²) in [6.07, 6.45) is 1.72. The Morgan fingerprint density at radius 1 is 1.10 bits per heavy atom. The van der Waals surface area contributed by atoms with Gasteiger partial charge < -0.3 is 14.4 Å². The molecule has 7 nitrogen and oxygen atoms in total. The van der Waals surface area contributed by atoms with Gasteiger partial charge in [-0.25, -0.2) is 8.42 Å². The SMILES string of the molecule is CCN(Cc1ccc2c(c1)OCO2)C(=O)c1cc(S(=O)(=O)N2CCCC2)ccc1Br. The van der Waals surface area contributed by atoms with Gasteiger partial charge in [-0.15, -0.1) is 0 Å². The van der Waals surface area contributed by atoms with Crippen molar-refractivity contribution in [3.05, 3.63) is 52.0 Å². The summed E-state index contributed by atoms with van der Waals surface area (Å²) in [5, 5.41) is 0. The lowest BCUT2D eigenvalue weighted by molar-refractivity contribution is 0.0751. The number of benzene rings is 2. The van der Waals surface area contributed by atoms with Crippen LogP contribution in [-0.2, 0) is 16.6 Å². The summed E-state index contributed by atoms with van der Waals surface area (Å²) in [4.78, 5) is 15.1. The maximum atomic E-state index is 13.3. The number of carbonyl (C=O) groups excluding carboxylic acids is 1. The molecule has 30 heavy (non-hydrogen) atoms. The van der Waals surface area contributed by atoms with Gasteiger partial charge in [0, 0.05) is 30.7 Å². The van der Waals surface area contributed by atoms with Crippen LogP contribution in [0.3, 0.4) is 0 Å². The van der Waals surface area contributed by atoms with Gasteiger partial charge in [0.1, 0.15) is 0 Å². The lowest BCUT2D eigenvalue weighted by Gasteiger charge is -2.23. The van der Waals surface area contributed by atoms with E-state index in [-0.39, 0.29) is 17.6 Å². The molecule has 2 heterocycles. The molecule has 0 unspecified atom stereocenters. The average Bonchev–Trinajstić information content (AvgIpc) is 3.43. The van der Waals surface area contributed by atoms with Crippen LogP contribution < -0.4 is 9.47 Å². The highest BCUT2D eigenvalue weighted by molar-refractivity contribution is 9.10. The fourth-order valence-corrected chi connectivity index (χ4v) is 5.62. The Labute approximate surface area is 184 Å². The first kappa shape index (κ1) is 21.1. The van der Waals surface area contributed by atoms with Crippen molar-refractivity contribution in [3.8, 4) is 11.5 Å². The van der Waals surface area contributed by atoms with E-state index in [0.717, 1.165) is 18.4 Å². The number of halogens is 1. The van der Waals surface area contributed by atoms with E-state index >= 15 is 0 Å². The Morgan fingerprint density at radius 3 is 2.57 bits per heavy atom. The number of hydrogen-bond donors (Lipinski definition) is 0. The fraction of sp³-hybridized carbons (Fsp3) is 0.381. The molecule has 0 aliphatic carbocycles. The quantitative estimate of drug-likeness (QED) is 0.612. The first-order chi connectivity index (χ1) is 14.4. The lowest BCUT2D eigenvalue weighted by Crippen LogP contribution is -2.31. The zero-order valence-electron chi connectivity index (χ0n) is 16.6. The number of nitrogens with zero attached hydrogens (tertiary/aromatic N) is 2. The van der Waals surface area contributed by atoms with E-state index < -0.39 is 10.0 Å². The summed E-state index contributed by atoms with van der Waals surface area (Å²) in [5.41, 5.74) is 1.24. The number of amides is 1. The summed E-state index contributed by atoms with van der Waals surface area (Å²) in [7, 11) is -3.60. The van der Waals surface area contributed by atoms with Gasteiger partial charge in [0.25, 0.3) is 5.91 Å². The molecule has 0 saturated carbocycles. The summed E-state index contributed by atoms with van der Waals surface area (Å²) in [5.74, 6) is 1.12. The van der Waals surface area contributed by atoms with Gasteiger partial charge in [-0.05, 0) is 71.6 Å². The topological polar surface area (TPSA) is 76.1 Å². The van der Waals surface area contributed by atoms with E-state index in [1.807, 2.05) is 25.1 Å². The Balaban J connectivity index is 1.59. The van der Waals surface area contributed by atoms with Crippen molar-refractivity contribution in [2.75, 3.05) is 26.4 Å². The maximum Gasteiger partial charge on any atom is 0.255 e. The largest absolute Gasteiger partial charge is 0.454 e. The van der Waals surface area contributed by atoms with Gasteiger partial charge >= 0.3 is 0 Å². The van der Waals surface area contributed by atoms with Crippen LogP contribution in [-0.4, -0.2) is 50.0 Å². The minimum Gasteiger partial charge on any atom is -0.454 e. The summed E-state index contributed by atoms with van der Waals surface area (Å²) in [6, 6.07) is 10.2. The minimum absolute atomic E-state index is 0.148. The molecule has 0 bridgehead atoms. The standard InChI is InChI=1S/C21H23BrN2O5S/c1-2-23(13-15-5-8-19-20(11-15)29-14-28-19)21(25)17-12-16(6-7-18(17)22)30(26,27)24-9-3-4-10-24/h5-8,11-12H,2-4,9-10,13-14H2,1H3. The maximum absolute atomic E-state index is 13.3. The van der Waals surface area contributed by atoms with Crippen LogP contribution >= 0.6 is 15.9 Å². The highest BCUT2D eigenvalue weighted by atomic mass is 79.9. The van der Waals surface area contributed by atoms with Crippen molar-refractivity contribution in [1.82, 2.24) is 9.21 Å². The molecule has 2 aromatic carbocycles. The molecule has 0 spiro atoms. The van der Waals surface area contributed by atoms with Crippen molar-refractivity contribution in [3.63, 3.8) is 0 Å². The molecular formula is C21H23BrN2O5S. The molecule has 9 heteroatoms. The molecule has 0 aromatic heterocycles. The second kappa shape index (κ2) is 8.56. The van der Waals surface area contributed by atoms with Gasteiger partial charge in [0.05, 0.1) is 10.5 Å². The first-order valence-electron chi connectivity index (χ1n) is 9.87. The number of hydrogen-bond acceptors (Lipinski definition) is 5. The lowest BCUT2D eigenvalue weighted by atomic mass is 10.1. The van der Waals surface area contributed by atoms with E-state index in [1.54, 1.807) is 17.0 Å². The number of rotatable bonds is 6. The molecular weight excluding hydrogens is 472 g/mol. The number of carbonyl (C=O) groups is 1. The van der Waals surface area contributed by atoms with Crippen LogP contribution in [0.2, 0.25) is 0 Å². The zero-order valence-corrected chi connectivity index (χ0v) is 19.0. The van der Waals surface area contributed by atoms with Gasteiger partial charge in [0.15, 0.2) is 11.5 Å². The number of sulfonamides is 1. The third-order valence-electron chi connectivity index (χ3n) is 5.35. The fourth-order valence-electron chi connectivity index (χ4n) is 3.66. The second-order valence-corrected chi connectivity index (χ2v) is 10.1. The molecule has 0 atom stereocenters. The predicted molar refractivity (Wildman–Crippen MR) is 115 cm³/mol. The van der Waals surface area contributed by atoms with Gasteiger partial charge in [0.2, 0.25) is 16.8 Å². The third-order valence-corrected chi connectivity index (χ3v) is 7.94. The molecule has 2 aliphatic heterocycles. The van der Waals surface area contributed by atoms with E-state index in [4.69, 9.17) is 9.47 Å². The van der Waals surface area contributed by atoms with E-state index in [2.05, 4.69) is 15.9 Å². The van der Waals surface area contributed by atoms with Crippen LogP contribution in [0, 0.1) is 0 Å². The van der Waals surface area contributed by atoms with Crippen molar-refractivity contribution < 1.29 is 22.7 Å². The van der Waals surface area contributed by atoms with Crippen LogP contribution in [0.5, 0.6) is 11.5 Å². The molecule has 1 fully saturated rings. The van der Waals surface area contributed by atoms with E-state index in [0.29, 0.717) is 47.7 Å². The molecule has 0 radical (unpaired) electrons. The van der Waals surface area contributed by atoms with Crippen LogP contribution in [0.4, 0.5) is 0 Å². The Hall–Kier alpha value is -2.10. The minimum atomic E-state index is -3.60. The zero-order chi connectivity index (χ0) is 21.3. The molecule has 1 saturated heterocycles. The summed E-state index contributed by atoms with van der Waals surface area (Å²) >= 11 is 3.41. The molecule has 2 aliphatic rings. The van der Waals surface area contributed by atoms with Crippen molar-refractivity contribution >= 4 is 31.9 Å². The number of fused-ring (bicyclic) bond motifs is 1. The molecule has 1 amide bonds. The highest BCUT2D eigenvalue weighted by Gasteiger charge is 2.29. The molecule has 4 rings (SSSR count). The molecule has 160 valence electrons. The Bertz CT molecular complexity index is 1070. The summed E-state index contributed by atoms with van der Waals surface area (Å²) < 4.78 is 38.6. The average molecular weight is 495 g/mol. The highest BCUT2D eigenvalue weighted by Crippen LogP contribution is 2.33. The van der Waals surface area contributed by atoms with E-state index in [1.165, 1.54) is 10.4 Å². The van der Waals surface area contributed by atoms with Gasteiger partial charge in [-0.3, -0.25) is 4.79 Å². The smallest absolute Gasteiger partial charge is 0.255 e. The monoisotopic (exact) mass is 494 g/mol. The van der Waals surface area contributed by atoms with Crippen LogP contribution in [0.15, 0.2) is 45.8 Å². The van der Waals surface area contributed by atoms with Crippen LogP contribution in [0.25, 0.3) is 0 Å². The number of ether oxygens (including phenoxy) is 2. The predicted octanol–water partition coefficient (Wildman–Crippen LogP) is 3.62. The first-order valence-corrected chi connectivity index (χ1v) is 12.1. The normalized spacial score (nSPS) is 16.1. The van der Waals surface area contributed by atoms with E-state index in [9.17, 15) is 13.2 Å². The molecule has 2 aromatic rings. The summed E-state index contributed by atoms with van der Waals surface area (Å²) in [6.45, 7) is 3.98. The Morgan fingerprint density at radius 2 is 1.83 bits per heavy atom. The van der Waals surface area contributed by atoms with Gasteiger partial charge in [-0.1, -0.05) is 6.07 Å². The van der Waals surface area contributed by atoms with Crippen LogP contribution in [0.1, 0.15) is 35.7 Å².